The third-order valence-electron chi connectivity index (χ3n) is 3.98. The summed E-state index contributed by atoms with van der Waals surface area (Å²) in [7, 11) is 0. The third-order valence-corrected chi connectivity index (χ3v) is 4.71. The van der Waals surface area contributed by atoms with E-state index in [-0.39, 0.29) is 30.4 Å². The predicted octanol–water partition coefficient (Wildman–Crippen LogP) is -3.85. The lowest BCUT2D eigenvalue weighted by Crippen LogP contribution is -2.60. The molecule has 5 atom stereocenters. The van der Waals surface area contributed by atoms with Gasteiger partial charge in [0.05, 0.1) is 12.1 Å². The van der Waals surface area contributed by atoms with Crippen molar-refractivity contribution in [3.8, 4) is 0 Å². The molecule has 0 aromatic carbocycles. The topological polar surface area (TPSA) is 235 Å². The molecule has 0 unspecified atom stereocenters. The second kappa shape index (κ2) is 14.7. The molecule has 0 aliphatic heterocycles. The van der Waals surface area contributed by atoms with E-state index in [4.69, 9.17) is 22.3 Å². The Hall–Kier alpha value is -2.23. The van der Waals surface area contributed by atoms with Gasteiger partial charge in [-0.3, -0.25) is 19.4 Å². The minimum Gasteiger partial charge on any atom is -0.480 e. The molecule has 3 amide bonds. The van der Waals surface area contributed by atoms with E-state index in [1.165, 1.54) is 6.92 Å². The van der Waals surface area contributed by atoms with Crippen molar-refractivity contribution in [3.63, 3.8) is 0 Å². The summed E-state index contributed by atoms with van der Waals surface area (Å²) in [5.41, 5.74) is 16.2. The molecule has 13 nitrogen and oxygen atoms in total. The molecule has 0 heterocycles. The van der Waals surface area contributed by atoms with Crippen LogP contribution in [-0.4, -0.2) is 88.2 Å². The van der Waals surface area contributed by atoms with Gasteiger partial charge in [-0.1, -0.05) is 0 Å². The number of hydrogen-bond donors (Lipinski definition) is 10. The van der Waals surface area contributed by atoms with Crippen LogP contribution in [0, 0.1) is 0 Å². The van der Waals surface area contributed by atoms with Crippen LogP contribution in [0.1, 0.15) is 19.8 Å². The van der Waals surface area contributed by atoms with Gasteiger partial charge in [-0.2, -0.15) is 25.3 Å². The summed E-state index contributed by atoms with van der Waals surface area (Å²) in [4.78, 5) is 51.8. The summed E-state index contributed by atoms with van der Waals surface area (Å²) in [6, 6.07) is -4.88. The lowest BCUT2D eigenvalue weighted by Gasteiger charge is -2.25. The third kappa shape index (κ3) is 11.1. The van der Waals surface area contributed by atoms with Crippen LogP contribution in [0.2, 0.25) is 0 Å². The fraction of sp³-hybridized carbons (Fsp3) is 0.688. The second-order valence-electron chi connectivity index (χ2n) is 6.61. The van der Waals surface area contributed by atoms with Gasteiger partial charge in [0, 0.05) is 18.1 Å². The van der Waals surface area contributed by atoms with Gasteiger partial charge >= 0.3 is 5.97 Å². The molecule has 0 aromatic heterocycles. The maximum Gasteiger partial charge on any atom is 0.327 e. The molecule has 0 rings (SSSR count). The molecule has 0 radical (unpaired) electrons. The molecule has 0 saturated heterocycles. The van der Waals surface area contributed by atoms with Crippen molar-refractivity contribution in [3.05, 3.63) is 0 Å². The van der Waals surface area contributed by atoms with Gasteiger partial charge in [-0.05, 0) is 19.8 Å². The number of nitrogens with two attached hydrogens (primary N) is 3. The van der Waals surface area contributed by atoms with Crippen LogP contribution < -0.4 is 33.2 Å². The molecular formula is C16H31N7O6S2. The Kier molecular flexibility index (Phi) is 13.7. The number of carbonyl (C=O) groups is 4. The summed E-state index contributed by atoms with van der Waals surface area (Å²) in [5.74, 6) is -4.09. The molecule has 31 heavy (non-hydrogen) atoms. The number of aliphatic carboxylic acids is 1. The van der Waals surface area contributed by atoms with Crippen molar-refractivity contribution in [2.45, 2.75) is 50.0 Å². The monoisotopic (exact) mass is 481 g/mol. The number of aliphatic imine (C=N–C) groups is 1. The predicted molar refractivity (Wildman–Crippen MR) is 121 cm³/mol. The molecule has 0 fully saturated rings. The normalized spacial score (nSPS) is 15.5. The first-order valence-electron chi connectivity index (χ1n) is 9.29. The molecule has 15 heteroatoms. The van der Waals surface area contributed by atoms with Crippen molar-refractivity contribution < 1.29 is 29.4 Å². The van der Waals surface area contributed by atoms with Gasteiger partial charge in [-0.15, -0.1) is 0 Å². The second-order valence-corrected chi connectivity index (χ2v) is 7.34. The minimum absolute atomic E-state index is 0.0873. The molecule has 0 spiro atoms. The molecule has 0 aromatic rings. The zero-order valence-corrected chi connectivity index (χ0v) is 18.8. The number of thiol groups is 2. The number of rotatable bonds is 14. The standard InChI is InChI=1S/C16H31N7O6S2/c1-7(24)11(23-12(25)8(17)3-2-4-20-16(18)19)14(27)21-9(5-30)13(26)22-10(6-31)15(28)29/h7-11,24,30-31H,2-6,17H2,1H3,(H,21,27)(H,22,26)(H,23,25)(H,28,29)(H4,18,19,20)/t7-,8+,9+,10+,11+/m1/s1. The fourth-order valence-electron chi connectivity index (χ4n) is 2.23. The van der Waals surface area contributed by atoms with Crippen molar-refractivity contribution in [2.24, 2.45) is 22.2 Å². The van der Waals surface area contributed by atoms with Crippen molar-refractivity contribution >= 4 is 54.9 Å². The van der Waals surface area contributed by atoms with Crippen molar-refractivity contribution in [1.29, 1.82) is 0 Å². The van der Waals surface area contributed by atoms with Crippen molar-refractivity contribution in [1.82, 2.24) is 16.0 Å². The SMILES string of the molecule is C[C@@H](O)[C@H](NC(=O)[C@@H](N)CCCN=C(N)N)C(=O)N[C@@H](CS)C(=O)N[C@@H](CS)C(=O)O. The van der Waals surface area contributed by atoms with Crippen LogP contribution in [0.25, 0.3) is 0 Å². The quantitative estimate of drug-likeness (QED) is 0.0505. The van der Waals surface area contributed by atoms with Crippen LogP contribution in [0.4, 0.5) is 0 Å². The Balaban J connectivity index is 4.97. The van der Waals surface area contributed by atoms with E-state index in [9.17, 15) is 24.3 Å². The highest BCUT2D eigenvalue weighted by molar-refractivity contribution is 7.80. The Morgan fingerprint density at radius 1 is 0.968 bits per heavy atom. The Morgan fingerprint density at radius 2 is 1.52 bits per heavy atom. The van der Waals surface area contributed by atoms with E-state index in [2.05, 4.69) is 46.2 Å². The zero-order valence-electron chi connectivity index (χ0n) is 17.0. The summed E-state index contributed by atoms with van der Waals surface area (Å²) in [6.07, 6.45) is -0.681. The van der Waals surface area contributed by atoms with Crippen LogP contribution in [0.15, 0.2) is 4.99 Å². The Bertz CT molecular complexity index is 660. The number of nitrogens with one attached hydrogen (secondary N) is 3. The number of amides is 3. The summed E-state index contributed by atoms with van der Waals surface area (Å²) in [6.45, 7) is 1.54. The first kappa shape index (κ1) is 28.8. The first-order chi connectivity index (χ1) is 14.4. The van der Waals surface area contributed by atoms with Crippen LogP contribution >= 0.6 is 25.3 Å². The fourth-order valence-corrected chi connectivity index (χ4v) is 2.73. The number of carbonyl (C=O) groups excluding carboxylic acids is 3. The molecular weight excluding hydrogens is 450 g/mol. The van der Waals surface area contributed by atoms with Gasteiger partial charge in [0.2, 0.25) is 17.7 Å². The van der Waals surface area contributed by atoms with E-state index >= 15 is 0 Å². The number of guanidine groups is 1. The van der Waals surface area contributed by atoms with Crippen LogP contribution in [-0.2, 0) is 19.2 Å². The summed E-state index contributed by atoms with van der Waals surface area (Å²) < 4.78 is 0. The molecule has 178 valence electrons. The highest BCUT2D eigenvalue weighted by atomic mass is 32.1. The maximum absolute atomic E-state index is 12.5. The smallest absolute Gasteiger partial charge is 0.327 e. The maximum atomic E-state index is 12.5. The number of aliphatic hydroxyl groups excluding tert-OH is 1. The van der Waals surface area contributed by atoms with E-state index in [0.29, 0.717) is 6.42 Å². The molecule has 0 bridgehead atoms. The van der Waals surface area contributed by atoms with Gasteiger partial charge in [0.1, 0.15) is 18.1 Å². The zero-order chi connectivity index (χ0) is 24.1. The van der Waals surface area contributed by atoms with Crippen LogP contribution in [0.5, 0.6) is 0 Å². The largest absolute Gasteiger partial charge is 0.480 e. The molecule has 0 aliphatic rings. The lowest BCUT2D eigenvalue weighted by atomic mass is 10.1. The number of carboxylic acids is 1. The van der Waals surface area contributed by atoms with E-state index in [1.54, 1.807) is 0 Å². The average molecular weight is 482 g/mol. The van der Waals surface area contributed by atoms with Gasteiger partial charge in [0.15, 0.2) is 5.96 Å². The highest BCUT2D eigenvalue weighted by Crippen LogP contribution is 2.01. The number of aliphatic hydroxyl groups is 1. The molecule has 11 N–H and O–H groups in total. The number of nitrogens with zero attached hydrogens (tertiary/aromatic N) is 1. The van der Waals surface area contributed by atoms with Gasteiger partial charge in [-0.25, -0.2) is 4.79 Å². The van der Waals surface area contributed by atoms with E-state index < -0.39 is 54.0 Å². The van der Waals surface area contributed by atoms with Crippen molar-refractivity contribution in [2.75, 3.05) is 18.1 Å². The molecule has 0 saturated carbocycles. The average Bonchev–Trinajstić information content (AvgIpc) is 2.69. The van der Waals surface area contributed by atoms with Gasteiger partial charge in [0.25, 0.3) is 0 Å². The van der Waals surface area contributed by atoms with E-state index in [1.807, 2.05) is 0 Å². The summed E-state index contributed by atoms with van der Waals surface area (Å²) >= 11 is 7.82. The molecule has 0 aliphatic carbocycles. The van der Waals surface area contributed by atoms with E-state index in [0.717, 1.165) is 0 Å². The highest BCUT2D eigenvalue weighted by Gasteiger charge is 2.31. The first-order valence-corrected chi connectivity index (χ1v) is 10.6. The summed E-state index contributed by atoms with van der Waals surface area (Å²) in [5, 5.41) is 25.8. The van der Waals surface area contributed by atoms with Gasteiger partial charge < -0.3 is 43.4 Å². The number of carboxylic acid groups (broad SMARTS) is 1. The number of hydrogen-bond acceptors (Lipinski definition) is 9. The Morgan fingerprint density at radius 3 is 1.97 bits per heavy atom. The van der Waals surface area contributed by atoms with Crippen LogP contribution in [0.3, 0.4) is 0 Å². The minimum atomic E-state index is -1.41. The Labute approximate surface area is 190 Å². The lowest BCUT2D eigenvalue weighted by molar-refractivity contribution is -0.141.